The van der Waals surface area contributed by atoms with Crippen LogP contribution in [0.3, 0.4) is 0 Å². The molecule has 0 aliphatic rings. The van der Waals surface area contributed by atoms with Gasteiger partial charge in [0.1, 0.15) is 6.54 Å². The zero-order valence-electron chi connectivity index (χ0n) is 11.2. The maximum absolute atomic E-state index is 11.9. The third-order valence-electron chi connectivity index (χ3n) is 2.84. The molecule has 1 heterocycles. The van der Waals surface area contributed by atoms with Crippen LogP contribution in [0.2, 0.25) is 0 Å². The van der Waals surface area contributed by atoms with E-state index < -0.39 is 0 Å². The van der Waals surface area contributed by atoms with Crippen LogP contribution < -0.4 is 11.1 Å². The molecule has 0 saturated heterocycles. The van der Waals surface area contributed by atoms with Crippen molar-refractivity contribution in [3.8, 4) is 0 Å². The fourth-order valence-corrected chi connectivity index (χ4v) is 1.95. The average molecular weight is 258 g/mol. The SMILES string of the molecule is Cc1cc(C)n(CC(=O)Nc2cccc(CN)c2)n1. The van der Waals surface area contributed by atoms with Gasteiger partial charge in [-0.25, -0.2) is 0 Å². The number of rotatable bonds is 4. The lowest BCUT2D eigenvalue weighted by molar-refractivity contribution is -0.116. The van der Waals surface area contributed by atoms with Gasteiger partial charge in [0.05, 0.1) is 5.69 Å². The zero-order valence-corrected chi connectivity index (χ0v) is 11.2. The molecule has 19 heavy (non-hydrogen) atoms. The molecule has 0 bridgehead atoms. The second kappa shape index (κ2) is 5.67. The van der Waals surface area contributed by atoms with Crippen LogP contribution in [0.15, 0.2) is 30.3 Å². The van der Waals surface area contributed by atoms with Crippen molar-refractivity contribution in [2.45, 2.75) is 26.9 Å². The zero-order chi connectivity index (χ0) is 13.8. The number of aromatic nitrogens is 2. The molecule has 3 N–H and O–H groups in total. The molecule has 0 radical (unpaired) electrons. The number of benzene rings is 1. The Bertz CT molecular complexity index is 589. The molecule has 2 aromatic rings. The van der Waals surface area contributed by atoms with Crippen molar-refractivity contribution in [2.24, 2.45) is 5.73 Å². The molecular formula is C14H18N4O. The Morgan fingerprint density at radius 3 is 2.79 bits per heavy atom. The van der Waals surface area contributed by atoms with Gasteiger partial charge in [-0.15, -0.1) is 0 Å². The van der Waals surface area contributed by atoms with Gasteiger partial charge >= 0.3 is 0 Å². The van der Waals surface area contributed by atoms with Crippen molar-refractivity contribution in [1.82, 2.24) is 9.78 Å². The molecule has 1 aromatic carbocycles. The summed E-state index contributed by atoms with van der Waals surface area (Å²) in [5.41, 5.74) is 9.21. The highest BCUT2D eigenvalue weighted by Gasteiger charge is 2.07. The molecule has 0 aliphatic carbocycles. The largest absolute Gasteiger partial charge is 0.326 e. The van der Waals surface area contributed by atoms with Crippen LogP contribution in [0, 0.1) is 13.8 Å². The minimum atomic E-state index is -0.0969. The fraction of sp³-hybridized carbons (Fsp3) is 0.286. The van der Waals surface area contributed by atoms with Crippen molar-refractivity contribution < 1.29 is 4.79 Å². The number of carbonyl (C=O) groups is 1. The van der Waals surface area contributed by atoms with Crippen molar-refractivity contribution >= 4 is 11.6 Å². The molecule has 2 rings (SSSR count). The van der Waals surface area contributed by atoms with Gasteiger partial charge in [-0.1, -0.05) is 12.1 Å². The fourth-order valence-electron chi connectivity index (χ4n) is 1.95. The summed E-state index contributed by atoms with van der Waals surface area (Å²) in [4.78, 5) is 11.9. The van der Waals surface area contributed by atoms with Gasteiger partial charge in [0.15, 0.2) is 0 Å². The number of nitrogens with zero attached hydrogens (tertiary/aromatic N) is 2. The first-order chi connectivity index (χ1) is 9.08. The summed E-state index contributed by atoms with van der Waals surface area (Å²) < 4.78 is 1.69. The minimum Gasteiger partial charge on any atom is -0.326 e. The highest BCUT2D eigenvalue weighted by molar-refractivity contribution is 5.90. The van der Waals surface area contributed by atoms with Crippen molar-refractivity contribution in [3.05, 3.63) is 47.3 Å². The lowest BCUT2D eigenvalue weighted by Crippen LogP contribution is -2.20. The maximum atomic E-state index is 11.9. The van der Waals surface area contributed by atoms with E-state index in [1.807, 2.05) is 44.2 Å². The summed E-state index contributed by atoms with van der Waals surface area (Å²) in [5, 5.41) is 7.11. The van der Waals surface area contributed by atoms with Crippen molar-refractivity contribution in [2.75, 3.05) is 5.32 Å². The number of carbonyl (C=O) groups excluding carboxylic acids is 1. The molecule has 0 spiro atoms. The number of aryl methyl sites for hydroxylation is 2. The van der Waals surface area contributed by atoms with E-state index in [1.165, 1.54) is 0 Å². The summed E-state index contributed by atoms with van der Waals surface area (Å²) in [7, 11) is 0. The predicted molar refractivity (Wildman–Crippen MR) is 74.7 cm³/mol. The Morgan fingerprint density at radius 2 is 2.16 bits per heavy atom. The van der Waals surface area contributed by atoms with E-state index in [9.17, 15) is 4.79 Å². The third kappa shape index (κ3) is 3.42. The lowest BCUT2D eigenvalue weighted by Gasteiger charge is -2.08. The molecule has 0 atom stereocenters. The average Bonchev–Trinajstić information content (AvgIpc) is 2.68. The van der Waals surface area contributed by atoms with Crippen LogP contribution >= 0.6 is 0 Å². The quantitative estimate of drug-likeness (QED) is 0.874. The summed E-state index contributed by atoms with van der Waals surface area (Å²) in [6.45, 7) is 4.52. The third-order valence-corrected chi connectivity index (χ3v) is 2.84. The summed E-state index contributed by atoms with van der Waals surface area (Å²) in [6, 6.07) is 9.47. The highest BCUT2D eigenvalue weighted by atomic mass is 16.2. The number of nitrogens with two attached hydrogens (primary N) is 1. The van der Waals surface area contributed by atoms with Crippen molar-refractivity contribution in [1.29, 1.82) is 0 Å². The van der Waals surface area contributed by atoms with Crippen LogP contribution in [0.25, 0.3) is 0 Å². The Hall–Kier alpha value is -2.14. The Morgan fingerprint density at radius 1 is 1.37 bits per heavy atom. The first-order valence-electron chi connectivity index (χ1n) is 6.18. The van der Waals surface area contributed by atoms with Gasteiger partial charge in [0.25, 0.3) is 0 Å². The number of hydrogen-bond donors (Lipinski definition) is 2. The van der Waals surface area contributed by atoms with Crippen molar-refractivity contribution in [3.63, 3.8) is 0 Å². The molecule has 0 fully saturated rings. The predicted octanol–water partition coefficient (Wildman–Crippen LogP) is 1.60. The number of nitrogens with one attached hydrogen (secondary N) is 1. The number of anilines is 1. The summed E-state index contributed by atoms with van der Waals surface area (Å²) >= 11 is 0. The van der Waals surface area contributed by atoms with E-state index in [4.69, 9.17) is 5.73 Å². The Labute approximate surface area is 112 Å². The first kappa shape index (κ1) is 13.3. The Balaban J connectivity index is 2.03. The molecule has 1 aromatic heterocycles. The molecule has 0 saturated carbocycles. The number of hydrogen-bond acceptors (Lipinski definition) is 3. The van der Waals surface area contributed by atoms with Crippen LogP contribution in [0.4, 0.5) is 5.69 Å². The Kier molecular flexibility index (Phi) is 3.97. The number of amides is 1. The second-order valence-electron chi connectivity index (χ2n) is 4.54. The lowest BCUT2D eigenvalue weighted by atomic mass is 10.2. The van der Waals surface area contributed by atoms with Gasteiger partial charge < -0.3 is 11.1 Å². The molecule has 100 valence electrons. The van der Waals surface area contributed by atoms with E-state index in [0.29, 0.717) is 6.54 Å². The van der Waals surface area contributed by atoms with Gasteiger partial charge in [0, 0.05) is 17.9 Å². The van der Waals surface area contributed by atoms with Crippen LogP contribution in [-0.4, -0.2) is 15.7 Å². The van der Waals surface area contributed by atoms with E-state index in [-0.39, 0.29) is 12.5 Å². The second-order valence-corrected chi connectivity index (χ2v) is 4.54. The van der Waals surface area contributed by atoms with Gasteiger partial charge in [-0.3, -0.25) is 9.48 Å². The molecule has 5 heteroatoms. The van der Waals surface area contributed by atoms with Crippen LogP contribution in [-0.2, 0) is 17.9 Å². The minimum absolute atomic E-state index is 0.0969. The summed E-state index contributed by atoms with van der Waals surface area (Å²) in [6.07, 6.45) is 0. The maximum Gasteiger partial charge on any atom is 0.246 e. The first-order valence-corrected chi connectivity index (χ1v) is 6.18. The smallest absolute Gasteiger partial charge is 0.246 e. The van der Waals surface area contributed by atoms with E-state index in [0.717, 1.165) is 22.6 Å². The van der Waals surface area contributed by atoms with Crippen LogP contribution in [0.1, 0.15) is 17.0 Å². The van der Waals surface area contributed by atoms with Crippen LogP contribution in [0.5, 0.6) is 0 Å². The topological polar surface area (TPSA) is 72.9 Å². The van der Waals surface area contributed by atoms with Gasteiger partial charge in [-0.2, -0.15) is 5.10 Å². The van der Waals surface area contributed by atoms with Gasteiger partial charge in [-0.05, 0) is 37.6 Å². The molecule has 1 amide bonds. The highest BCUT2D eigenvalue weighted by Crippen LogP contribution is 2.10. The molecular weight excluding hydrogens is 240 g/mol. The van der Waals surface area contributed by atoms with E-state index in [1.54, 1.807) is 4.68 Å². The molecule has 0 unspecified atom stereocenters. The normalized spacial score (nSPS) is 10.5. The standard InChI is InChI=1S/C14H18N4O/c1-10-6-11(2)18(17-10)9-14(19)16-13-5-3-4-12(7-13)8-15/h3-7H,8-9,15H2,1-2H3,(H,16,19). The summed E-state index contributed by atoms with van der Waals surface area (Å²) in [5.74, 6) is -0.0969. The molecule has 0 aliphatic heterocycles. The van der Waals surface area contributed by atoms with E-state index >= 15 is 0 Å². The molecule has 5 nitrogen and oxygen atoms in total. The van der Waals surface area contributed by atoms with E-state index in [2.05, 4.69) is 10.4 Å². The van der Waals surface area contributed by atoms with Gasteiger partial charge in [0.2, 0.25) is 5.91 Å². The monoisotopic (exact) mass is 258 g/mol.